The van der Waals surface area contributed by atoms with Crippen molar-refractivity contribution in [3.8, 4) is 0 Å². The zero-order valence-corrected chi connectivity index (χ0v) is 13.7. The summed E-state index contributed by atoms with van der Waals surface area (Å²) < 4.78 is 23.5. The second-order valence-corrected chi connectivity index (χ2v) is 7.87. The van der Waals surface area contributed by atoms with Gasteiger partial charge in [-0.1, -0.05) is 19.1 Å². The van der Waals surface area contributed by atoms with Crippen LogP contribution in [0.25, 0.3) is 0 Å². The summed E-state index contributed by atoms with van der Waals surface area (Å²) in [6.45, 7) is 7.33. The van der Waals surface area contributed by atoms with Crippen LogP contribution in [0, 0.1) is 0 Å². The Balaban J connectivity index is 1.81. The fourth-order valence-corrected chi connectivity index (χ4v) is 3.55. The number of nitrogens with one attached hydrogen (secondary N) is 1. The second kappa shape index (κ2) is 7.92. The third-order valence-corrected chi connectivity index (χ3v) is 5.79. The summed E-state index contributed by atoms with van der Waals surface area (Å²) in [7, 11) is -3.07. The topological polar surface area (TPSA) is 49.4 Å². The molecule has 0 saturated carbocycles. The van der Waals surface area contributed by atoms with Crippen LogP contribution in [-0.4, -0.2) is 51.8 Å². The van der Waals surface area contributed by atoms with Crippen molar-refractivity contribution in [2.45, 2.75) is 31.1 Å². The van der Waals surface area contributed by atoms with E-state index in [9.17, 15) is 8.42 Å². The third kappa shape index (κ3) is 5.09. The molecule has 4 nitrogen and oxygen atoms in total. The summed E-state index contributed by atoms with van der Waals surface area (Å²) in [5.74, 6) is 0.162. The summed E-state index contributed by atoms with van der Waals surface area (Å²) in [5, 5.41) is 3.41. The highest BCUT2D eigenvalue weighted by Crippen LogP contribution is 2.13. The Kier molecular flexibility index (Phi) is 6.21. The average Bonchev–Trinajstić information content (AvgIpc) is 2.77. The lowest BCUT2D eigenvalue weighted by Gasteiger charge is -2.19. The molecule has 1 N–H and O–H groups in total. The predicted octanol–water partition coefficient (Wildman–Crippen LogP) is 1.71. The standard InChI is InChI=1S/C16H26N2O2S/c1-2-21(19,20)16-8-6-15(7-9-16)5-3-12-18-13-4-10-17-11-14-18/h6-9,17H,2-5,10-14H2,1H3. The quantitative estimate of drug-likeness (QED) is 0.869. The van der Waals surface area contributed by atoms with Gasteiger partial charge in [-0.3, -0.25) is 0 Å². The van der Waals surface area contributed by atoms with Crippen LogP contribution < -0.4 is 5.32 Å². The molecule has 21 heavy (non-hydrogen) atoms. The molecule has 1 fully saturated rings. The highest BCUT2D eigenvalue weighted by atomic mass is 32.2. The predicted molar refractivity (Wildman–Crippen MR) is 86.4 cm³/mol. The maximum atomic E-state index is 11.8. The van der Waals surface area contributed by atoms with E-state index >= 15 is 0 Å². The molecule has 0 radical (unpaired) electrons. The number of hydrogen-bond acceptors (Lipinski definition) is 4. The summed E-state index contributed by atoms with van der Waals surface area (Å²) in [5.41, 5.74) is 1.22. The molecular formula is C16H26N2O2S. The summed E-state index contributed by atoms with van der Waals surface area (Å²) in [4.78, 5) is 2.95. The van der Waals surface area contributed by atoms with Crippen LogP contribution in [0.4, 0.5) is 0 Å². The zero-order chi connectivity index (χ0) is 15.1. The maximum absolute atomic E-state index is 11.8. The molecule has 1 saturated heterocycles. The number of aryl methyl sites for hydroxylation is 1. The lowest BCUT2D eigenvalue weighted by molar-refractivity contribution is 0.289. The number of hydrogen-bond donors (Lipinski definition) is 1. The van der Waals surface area contributed by atoms with E-state index in [-0.39, 0.29) is 5.75 Å². The molecular weight excluding hydrogens is 284 g/mol. The molecule has 5 heteroatoms. The van der Waals surface area contributed by atoms with E-state index in [0.29, 0.717) is 4.90 Å². The molecule has 118 valence electrons. The zero-order valence-electron chi connectivity index (χ0n) is 12.8. The van der Waals surface area contributed by atoms with Crippen molar-refractivity contribution in [2.75, 3.05) is 38.5 Å². The molecule has 0 atom stereocenters. The first-order chi connectivity index (χ1) is 10.1. The van der Waals surface area contributed by atoms with E-state index in [1.54, 1.807) is 19.1 Å². The van der Waals surface area contributed by atoms with Crippen LogP contribution in [0.3, 0.4) is 0 Å². The van der Waals surface area contributed by atoms with Gasteiger partial charge in [0.15, 0.2) is 9.84 Å². The smallest absolute Gasteiger partial charge is 0.178 e. The van der Waals surface area contributed by atoms with Gasteiger partial charge in [-0.05, 0) is 56.6 Å². The van der Waals surface area contributed by atoms with Crippen molar-refractivity contribution in [1.29, 1.82) is 0 Å². The highest BCUT2D eigenvalue weighted by molar-refractivity contribution is 7.91. The highest BCUT2D eigenvalue weighted by Gasteiger charge is 2.11. The first kappa shape index (κ1) is 16.5. The summed E-state index contributed by atoms with van der Waals surface area (Å²) >= 11 is 0. The van der Waals surface area contributed by atoms with Crippen molar-refractivity contribution >= 4 is 9.84 Å². The Labute approximate surface area is 128 Å². The van der Waals surface area contributed by atoms with Gasteiger partial charge in [0.05, 0.1) is 10.6 Å². The van der Waals surface area contributed by atoms with Gasteiger partial charge >= 0.3 is 0 Å². The van der Waals surface area contributed by atoms with Crippen molar-refractivity contribution in [1.82, 2.24) is 10.2 Å². The average molecular weight is 310 g/mol. The van der Waals surface area contributed by atoms with Crippen LogP contribution in [0.2, 0.25) is 0 Å². The molecule has 0 unspecified atom stereocenters. The molecule has 2 rings (SSSR count). The van der Waals surface area contributed by atoms with E-state index < -0.39 is 9.84 Å². The van der Waals surface area contributed by atoms with Crippen LogP contribution in [0.1, 0.15) is 25.3 Å². The van der Waals surface area contributed by atoms with Gasteiger partial charge in [-0.15, -0.1) is 0 Å². The number of nitrogens with zero attached hydrogens (tertiary/aromatic N) is 1. The van der Waals surface area contributed by atoms with Crippen LogP contribution in [-0.2, 0) is 16.3 Å². The van der Waals surface area contributed by atoms with Crippen molar-refractivity contribution < 1.29 is 8.42 Å². The van der Waals surface area contributed by atoms with Gasteiger partial charge in [-0.2, -0.15) is 0 Å². The Morgan fingerprint density at radius 2 is 1.90 bits per heavy atom. The monoisotopic (exact) mass is 310 g/mol. The lowest BCUT2D eigenvalue weighted by Crippen LogP contribution is -2.29. The van der Waals surface area contributed by atoms with Crippen LogP contribution >= 0.6 is 0 Å². The lowest BCUT2D eigenvalue weighted by atomic mass is 10.1. The van der Waals surface area contributed by atoms with Gasteiger partial charge < -0.3 is 10.2 Å². The molecule has 0 bridgehead atoms. The van der Waals surface area contributed by atoms with E-state index in [1.807, 2.05) is 12.1 Å². The van der Waals surface area contributed by atoms with Crippen molar-refractivity contribution in [3.63, 3.8) is 0 Å². The van der Waals surface area contributed by atoms with E-state index in [0.717, 1.165) is 39.0 Å². The minimum absolute atomic E-state index is 0.162. The molecule has 1 aliphatic rings. The van der Waals surface area contributed by atoms with Crippen LogP contribution in [0.5, 0.6) is 0 Å². The molecule has 1 aliphatic heterocycles. The van der Waals surface area contributed by atoms with E-state index in [2.05, 4.69) is 10.2 Å². The normalized spacial score (nSPS) is 17.6. The van der Waals surface area contributed by atoms with E-state index in [4.69, 9.17) is 0 Å². The molecule has 1 aromatic rings. The van der Waals surface area contributed by atoms with Crippen LogP contribution in [0.15, 0.2) is 29.2 Å². The van der Waals surface area contributed by atoms with Gasteiger partial charge in [0.25, 0.3) is 0 Å². The maximum Gasteiger partial charge on any atom is 0.178 e. The molecule has 0 aromatic heterocycles. The Hall–Kier alpha value is -0.910. The van der Waals surface area contributed by atoms with Gasteiger partial charge in [0.2, 0.25) is 0 Å². The molecule has 0 spiro atoms. The second-order valence-electron chi connectivity index (χ2n) is 5.60. The molecule has 0 aliphatic carbocycles. The Morgan fingerprint density at radius 3 is 2.62 bits per heavy atom. The third-order valence-electron chi connectivity index (χ3n) is 4.04. The molecule has 1 aromatic carbocycles. The van der Waals surface area contributed by atoms with E-state index in [1.165, 1.54) is 18.5 Å². The summed E-state index contributed by atoms with van der Waals surface area (Å²) in [6, 6.07) is 7.38. The SMILES string of the molecule is CCS(=O)(=O)c1ccc(CCCN2CCCNCC2)cc1. The van der Waals surface area contributed by atoms with Gasteiger partial charge in [-0.25, -0.2) is 8.42 Å². The Bertz CT molecular complexity index is 518. The minimum atomic E-state index is -3.07. The number of benzene rings is 1. The first-order valence-corrected chi connectivity index (χ1v) is 9.52. The largest absolute Gasteiger partial charge is 0.315 e. The number of rotatable bonds is 6. The summed E-state index contributed by atoms with van der Waals surface area (Å²) in [6.07, 6.45) is 3.36. The molecule has 0 amide bonds. The fraction of sp³-hybridized carbons (Fsp3) is 0.625. The van der Waals surface area contributed by atoms with Crippen molar-refractivity contribution in [2.24, 2.45) is 0 Å². The number of sulfone groups is 1. The first-order valence-electron chi connectivity index (χ1n) is 7.86. The minimum Gasteiger partial charge on any atom is -0.315 e. The fourth-order valence-electron chi connectivity index (χ4n) is 2.66. The van der Waals surface area contributed by atoms with Gasteiger partial charge in [0, 0.05) is 13.1 Å². The van der Waals surface area contributed by atoms with Crippen molar-refractivity contribution in [3.05, 3.63) is 29.8 Å². The molecule has 1 heterocycles. The van der Waals surface area contributed by atoms with Gasteiger partial charge in [0.1, 0.15) is 0 Å². The Morgan fingerprint density at radius 1 is 1.14 bits per heavy atom.